The predicted molar refractivity (Wildman–Crippen MR) is 130 cm³/mol. The molecule has 0 aliphatic rings. The van der Waals surface area contributed by atoms with Crippen molar-refractivity contribution in [3.05, 3.63) is 0 Å². The maximum atomic E-state index is 11.9. The summed E-state index contributed by atoms with van der Waals surface area (Å²) in [5, 5.41) is 19.0. The van der Waals surface area contributed by atoms with E-state index in [4.69, 9.17) is 0 Å². The lowest BCUT2D eigenvalue weighted by molar-refractivity contribution is -0.155. The van der Waals surface area contributed by atoms with Gasteiger partial charge in [-0.3, -0.25) is 9.59 Å². The van der Waals surface area contributed by atoms with Crippen LogP contribution in [-0.2, 0) is 9.59 Å². The Labute approximate surface area is 192 Å². The van der Waals surface area contributed by atoms with Crippen molar-refractivity contribution in [3.63, 3.8) is 0 Å². The first kappa shape index (κ1) is 29.9. The molecular formula is C27H52O4. The Morgan fingerprint density at radius 2 is 1.00 bits per heavy atom. The van der Waals surface area contributed by atoms with Gasteiger partial charge >= 0.3 is 11.9 Å². The van der Waals surface area contributed by atoms with E-state index in [1.54, 1.807) is 0 Å². The maximum Gasteiger partial charge on any atom is 0.309 e. The molecule has 0 saturated carbocycles. The van der Waals surface area contributed by atoms with Crippen molar-refractivity contribution in [2.24, 2.45) is 17.3 Å². The number of unbranched alkanes of at least 4 members (excludes halogenated alkanes) is 12. The van der Waals surface area contributed by atoms with Crippen LogP contribution in [0.1, 0.15) is 143 Å². The van der Waals surface area contributed by atoms with Crippen molar-refractivity contribution < 1.29 is 19.8 Å². The van der Waals surface area contributed by atoms with Gasteiger partial charge in [0.05, 0.1) is 5.41 Å². The Morgan fingerprint density at radius 1 is 0.645 bits per heavy atom. The van der Waals surface area contributed by atoms with Gasteiger partial charge in [-0.15, -0.1) is 0 Å². The Balaban J connectivity index is 3.83. The van der Waals surface area contributed by atoms with Gasteiger partial charge in [0.2, 0.25) is 0 Å². The van der Waals surface area contributed by atoms with Crippen LogP contribution in [0.3, 0.4) is 0 Å². The van der Waals surface area contributed by atoms with Crippen LogP contribution in [0.25, 0.3) is 0 Å². The number of carboxylic acid groups (broad SMARTS) is 2. The van der Waals surface area contributed by atoms with E-state index in [2.05, 4.69) is 13.8 Å². The number of hydrogen-bond donors (Lipinski definition) is 2. The molecule has 184 valence electrons. The highest BCUT2D eigenvalue weighted by atomic mass is 16.4. The Hall–Kier alpha value is -1.06. The highest BCUT2D eigenvalue weighted by Gasteiger charge is 2.43. The highest BCUT2D eigenvalue weighted by molar-refractivity contribution is 5.76. The first-order valence-corrected chi connectivity index (χ1v) is 13.2. The average Bonchev–Trinajstić information content (AvgIpc) is 2.71. The molecule has 0 radical (unpaired) electrons. The fraction of sp³-hybridized carbons (Fsp3) is 0.926. The van der Waals surface area contributed by atoms with Crippen LogP contribution in [0.2, 0.25) is 0 Å². The second kappa shape index (κ2) is 18.5. The summed E-state index contributed by atoms with van der Waals surface area (Å²) in [4.78, 5) is 23.2. The predicted octanol–water partition coefficient (Wildman–Crippen LogP) is 8.48. The molecule has 0 aromatic heterocycles. The fourth-order valence-corrected chi connectivity index (χ4v) is 4.98. The summed E-state index contributed by atoms with van der Waals surface area (Å²) in [7, 11) is 0. The minimum Gasteiger partial charge on any atom is -0.481 e. The normalized spacial score (nSPS) is 12.9. The molecule has 0 rings (SSSR count). The third kappa shape index (κ3) is 13.9. The van der Waals surface area contributed by atoms with E-state index in [9.17, 15) is 19.8 Å². The zero-order chi connectivity index (χ0) is 23.5. The molecule has 0 aliphatic carbocycles. The number of carboxylic acids is 2. The second-order valence-corrected chi connectivity index (χ2v) is 10.0. The molecule has 0 amide bonds. The number of aliphatic carboxylic acids is 2. The summed E-state index contributed by atoms with van der Waals surface area (Å²) in [5.74, 6) is -1.15. The van der Waals surface area contributed by atoms with Gasteiger partial charge in [0.15, 0.2) is 0 Å². The van der Waals surface area contributed by atoms with Gasteiger partial charge < -0.3 is 10.2 Å². The molecule has 31 heavy (non-hydrogen) atoms. The molecule has 0 aromatic carbocycles. The Morgan fingerprint density at radius 3 is 1.29 bits per heavy atom. The largest absolute Gasteiger partial charge is 0.481 e. The van der Waals surface area contributed by atoms with Crippen molar-refractivity contribution in [2.75, 3.05) is 0 Å². The van der Waals surface area contributed by atoms with Gasteiger partial charge in [-0.25, -0.2) is 0 Å². The van der Waals surface area contributed by atoms with E-state index in [0.717, 1.165) is 18.8 Å². The van der Waals surface area contributed by atoms with Crippen LogP contribution < -0.4 is 0 Å². The lowest BCUT2D eigenvalue weighted by atomic mass is 9.68. The summed E-state index contributed by atoms with van der Waals surface area (Å²) < 4.78 is 0. The molecule has 0 aromatic rings. The van der Waals surface area contributed by atoms with E-state index in [-0.39, 0.29) is 12.3 Å². The van der Waals surface area contributed by atoms with Crippen LogP contribution in [0.5, 0.6) is 0 Å². The molecule has 2 N–H and O–H groups in total. The SMILES string of the molecule is CCC(CC)(C(=O)O)C(CCCCCCCCCCCCCCCC(C)C)CC(=O)O. The molecular weight excluding hydrogens is 388 g/mol. The fourth-order valence-electron chi connectivity index (χ4n) is 4.98. The van der Waals surface area contributed by atoms with E-state index >= 15 is 0 Å². The van der Waals surface area contributed by atoms with Crippen LogP contribution in [0.4, 0.5) is 0 Å². The van der Waals surface area contributed by atoms with Crippen molar-refractivity contribution in [1.82, 2.24) is 0 Å². The number of carbonyl (C=O) groups is 2. The second-order valence-electron chi connectivity index (χ2n) is 10.0. The lowest BCUT2D eigenvalue weighted by Gasteiger charge is -2.35. The minimum absolute atomic E-state index is 0.0360. The van der Waals surface area contributed by atoms with Gasteiger partial charge in [-0.2, -0.15) is 0 Å². The molecule has 0 heterocycles. The third-order valence-corrected chi connectivity index (χ3v) is 7.22. The average molecular weight is 441 g/mol. The first-order valence-electron chi connectivity index (χ1n) is 13.2. The summed E-state index contributed by atoms with van der Waals surface area (Å²) in [5.41, 5.74) is -0.896. The van der Waals surface area contributed by atoms with Crippen LogP contribution >= 0.6 is 0 Å². The van der Waals surface area contributed by atoms with E-state index in [1.165, 1.54) is 77.0 Å². The van der Waals surface area contributed by atoms with Crippen LogP contribution in [0, 0.1) is 17.3 Å². The number of rotatable bonds is 22. The molecule has 4 nitrogen and oxygen atoms in total. The van der Waals surface area contributed by atoms with Gasteiger partial charge in [0.25, 0.3) is 0 Å². The number of hydrogen-bond acceptors (Lipinski definition) is 2. The molecule has 0 aliphatic heterocycles. The zero-order valence-electron chi connectivity index (χ0n) is 21.1. The van der Waals surface area contributed by atoms with Crippen molar-refractivity contribution in [3.8, 4) is 0 Å². The third-order valence-electron chi connectivity index (χ3n) is 7.22. The highest BCUT2D eigenvalue weighted by Crippen LogP contribution is 2.41. The lowest BCUT2D eigenvalue weighted by Crippen LogP contribution is -2.39. The molecule has 1 atom stereocenters. The summed E-state index contributed by atoms with van der Waals surface area (Å²) in [6, 6.07) is 0. The molecule has 4 heteroatoms. The Bertz CT molecular complexity index is 454. The first-order chi connectivity index (χ1) is 14.8. The monoisotopic (exact) mass is 440 g/mol. The standard InChI is InChI=1S/C27H52O4/c1-5-27(6-2,26(30)31)24(22-25(28)29)21-19-17-15-13-11-9-7-8-10-12-14-16-18-20-23(3)4/h23-24H,5-22H2,1-4H3,(H,28,29)(H,30,31). The van der Waals surface area contributed by atoms with Gasteiger partial charge in [-0.05, 0) is 31.1 Å². The van der Waals surface area contributed by atoms with Crippen LogP contribution in [-0.4, -0.2) is 22.2 Å². The molecule has 1 unspecified atom stereocenters. The maximum absolute atomic E-state index is 11.9. The van der Waals surface area contributed by atoms with E-state index in [0.29, 0.717) is 19.3 Å². The van der Waals surface area contributed by atoms with Gasteiger partial charge in [-0.1, -0.05) is 118 Å². The summed E-state index contributed by atoms with van der Waals surface area (Å²) in [6.07, 6.45) is 19.7. The van der Waals surface area contributed by atoms with E-state index in [1.807, 2.05) is 13.8 Å². The van der Waals surface area contributed by atoms with Crippen molar-refractivity contribution >= 4 is 11.9 Å². The quantitative estimate of drug-likeness (QED) is 0.165. The minimum atomic E-state index is -0.896. The van der Waals surface area contributed by atoms with Crippen molar-refractivity contribution in [2.45, 2.75) is 143 Å². The summed E-state index contributed by atoms with van der Waals surface area (Å²) >= 11 is 0. The Kier molecular flexibility index (Phi) is 17.9. The van der Waals surface area contributed by atoms with Gasteiger partial charge in [0.1, 0.15) is 0 Å². The molecule has 0 bridgehead atoms. The van der Waals surface area contributed by atoms with Crippen LogP contribution in [0.15, 0.2) is 0 Å². The van der Waals surface area contributed by atoms with Crippen molar-refractivity contribution in [1.29, 1.82) is 0 Å². The molecule has 0 fully saturated rings. The van der Waals surface area contributed by atoms with E-state index < -0.39 is 17.4 Å². The topological polar surface area (TPSA) is 74.6 Å². The summed E-state index contributed by atoms with van der Waals surface area (Å²) in [6.45, 7) is 8.36. The smallest absolute Gasteiger partial charge is 0.309 e. The molecule has 0 saturated heterocycles. The zero-order valence-corrected chi connectivity index (χ0v) is 21.1. The van der Waals surface area contributed by atoms with Gasteiger partial charge in [0, 0.05) is 6.42 Å². The molecule has 0 spiro atoms.